The molecular weight excluding hydrogens is 294 g/mol. The number of aryl methyl sites for hydroxylation is 1. The second-order valence-electron chi connectivity index (χ2n) is 3.69. The number of nitrogens with one attached hydrogen (secondary N) is 1. The van der Waals surface area contributed by atoms with Gasteiger partial charge >= 0.3 is 0 Å². The number of nitrogens with zero attached hydrogens (tertiary/aromatic N) is 2. The molecule has 1 N–H and O–H groups in total. The van der Waals surface area contributed by atoms with Crippen LogP contribution in [0.1, 0.15) is 12.5 Å². The molecule has 2 aromatic rings. The van der Waals surface area contributed by atoms with Crippen molar-refractivity contribution in [2.45, 2.75) is 13.3 Å². The number of anilines is 1. The van der Waals surface area contributed by atoms with Crippen LogP contribution in [0.15, 0.2) is 35.1 Å². The molecule has 1 aromatic heterocycles. The molecule has 0 saturated heterocycles. The van der Waals surface area contributed by atoms with E-state index in [9.17, 15) is 0 Å². The van der Waals surface area contributed by atoms with Crippen molar-refractivity contribution in [3.8, 4) is 11.6 Å². The van der Waals surface area contributed by atoms with Crippen LogP contribution >= 0.6 is 15.9 Å². The Balaban J connectivity index is 2.22. The maximum absolute atomic E-state index is 5.71. The average Bonchev–Trinajstić information content (AvgIpc) is 2.42. The van der Waals surface area contributed by atoms with Gasteiger partial charge in [-0.1, -0.05) is 19.1 Å². The first-order valence-corrected chi connectivity index (χ1v) is 6.49. The normalized spacial score (nSPS) is 10.2. The van der Waals surface area contributed by atoms with Crippen LogP contribution in [0.2, 0.25) is 0 Å². The first kappa shape index (κ1) is 12.8. The van der Waals surface area contributed by atoms with Crippen molar-refractivity contribution in [1.29, 1.82) is 0 Å². The van der Waals surface area contributed by atoms with Gasteiger partial charge in [0.05, 0.1) is 0 Å². The molecule has 0 spiro atoms. The molecule has 0 bridgehead atoms. The van der Waals surface area contributed by atoms with Gasteiger partial charge in [0.2, 0.25) is 5.88 Å². The zero-order chi connectivity index (χ0) is 13.0. The molecule has 94 valence electrons. The summed E-state index contributed by atoms with van der Waals surface area (Å²) in [5.41, 5.74) is 1.28. The number of aromatic nitrogens is 2. The smallest absolute Gasteiger partial charge is 0.238 e. The fraction of sp³-hybridized carbons (Fsp3) is 0.231. The second-order valence-corrected chi connectivity index (χ2v) is 4.48. The van der Waals surface area contributed by atoms with Crippen LogP contribution < -0.4 is 10.1 Å². The number of hydrogen-bond donors (Lipinski definition) is 1. The third-order valence-corrected chi connectivity index (χ3v) is 3.26. The van der Waals surface area contributed by atoms with Crippen LogP contribution in [0.4, 0.5) is 5.82 Å². The SMILES string of the molecule is CCc1ccc(Oc2ncnc(NC)c2Br)cc1. The lowest BCUT2D eigenvalue weighted by Crippen LogP contribution is -1.97. The molecule has 2 rings (SSSR count). The number of halogens is 1. The summed E-state index contributed by atoms with van der Waals surface area (Å²) >= 11 is 3.41. The summed E-state index contributed by atoms with van der Waals surface area (Å²) in [5.74, 6) is 1.96. The molecule has 0 unspecified atom stereocenters. The van der Waals surface area contributed by atoms with Crippen LogP contribution in [0.3, 0.4) is 0 Å². The molecule has 18 heavy (non-hydrogen) atoms. The van der Waals surface area contributed by atoms with Crippen molar-refractivity contribution < 1.29 is 4.74 Å². The minimum atomic E-state index is 0.499. The Morgan fingerprint density at radius 2 is 1.94 bits per heavy atom. The Morgan fingerprint density at radius 1 is 1.22 bits per heavy atom. The summed E-state index contributed by atoms with van der Waals surface area (Å²) in [7, 11) is 1.80. The second kappa shape index (κ2) is 5.82. The van der Waals surface area contributed by atoms with Crippen LogP contribution in [-0.2, 0) is 6.42 Å². The molecule has 1 heterocycles. The van der Waals surface area contributed by atoms with Gasteiger partial charge in [-0.2, -0.15) is 0 Å². The highest BCUT2D eigenvalue weighted by molar-refractivity contribution is 9.10. The van der Waals surface area contributed by atoms with Crippen LogP contribution in [0.5, 0.6) is 11.6 Å². The maximum atomic E-state index is 5.71. The van der Waals surface area contributed by atoms with Crippen molar-refractivity contribution in [2.75, 3.05) is 12.4 Å². The highest BCUT2D eigenvalue weighted by Gasteiger charge is 2.09. The Labute approximate surface area is 115 Å². The van der Waals surface area contributed by atoms with Crippen LogP contribution in [-0.4, -0.2) is 17.0 Å². The predicted octanol–water partition coefficient (Wildman–Crippen LogP) is 3.64. The molecule has 0 atom stereocenters. The minimum absolute atomic E-state index is 0.499. The summed E-state index contributed by atoms with van der Waals surface area (Å²) in [6, 6.07) is 7.96. The third-order valence-electron chi connectivity index (χ3n) is 2.54. The summed E-state index contributed by atoms with van der Waals surface area (Å²) in [6.07, 6.45) is 2.48. The monoisotopic (exact) mass is 307 g/mol. The van der Waals surface area contributed by atoms with Gasteiger partial charge in [0.25, 0.3) is 0 Å². The largest absolute Gasteiger partial charge is 0.438 e. The summed E-state index contributed by atoms with van der Waals surface area (Å²) in [5, 5.41) is 2.96. The van der Waals surface area contributed by atoms with Crippen molar-refractivity contribution in [3.05, 3.63) is 40.6 Å². The summed E-state index contributed by atoms with van der Waals surface area (Å²) in [6.45, 7) is 2.12. The van der Waals surface area contributed by atoms with Crippen molar-refractivity contribution in [3.63, 3.8) is 0 Å². The highest BCUT2D eigenvalue weighted by Crippen LogP contribution is 2.31. The fourth-order valence-electron chi connectivity index (χ4n) is 1.50. The van der Waals surface area contributed by atoms with Gasteiger partial charge in [0, 0.05) is 7.05 Å². The van der Waals surface area contributed by atoms with Gasteiger partial charge < -0.3 is 10.1 Å². The van der Waals surface area contributed by atoms with E-state index in [1.54, 1.807) is 7.05 Å². The van der Waals surface area contributed by atoms with E-state index in [-0.39, 0.29) is 0 Å². The first-order valence-electron chi connectivity index (χ1n) is 5.69. The first-order chi connectivity index (χ1) is 8.74. The fourth-order valence-corrected chi connectivity index (χ4v) is 1.99. The molecular formula is C13H14BrN3O. The van der Waals surface area contributed by atoms with E-state index in [0.29, 0.717) is 16.2 Å². The predicted molar refractivity (Wildman–Crippen MR) is 75.2 cm³/mol. The van der Waals surface area contributed by atoms with Gasteiger partial charge in [0.1, 0.15) is 22.4 Å². The zero-order valence-corrected chi connectivity index (χ0v) is 11.9. The lowest BCUT2D eigenvalue weighted by Gasteiger charge is -2.09. The quantitative estimate of drug-likeness (QED) is 0.937. The van der Waals surface area contributed by atoms with Crippen molar-refractivity contribution >= 4 is 21.7 Å². The van der Waals surface area contributed by atoms with E-state index in [1.165, 1.54) is 11.9 Å². The standard InChI is InChI=1S/C13H14BrN3O/c1-3-9-4-6-10(7-5-9)18-13-11(14)12(15-2)16-8-17-13/h4-8H,3H2,1-2H3,(H,15,16,17). The van der Waals surface area contributed by atoms with E-state index in [4.69, 9.17) is 4.74 Å². The molecule has 0 amide bonds. The van der Waals surface area contributed by atoms with E-state index in [0.717, 1.165) is 12.2 Å². The van der Waals surface area contributed by atoms with Gasteiger partial charge in [-0.3, -0.25) is 0 Å². The molecule has 0 aliphatic rings. The molecule has 4 nitrogen and oxygen atoms in total. The van der Waals surface area contributed by atoms with Gasteiger partial charge in [0.15, 0.2) is 0 Å². The Bertz CT molecular complexity index is 528. The molecule has 0 fully saturated rings. The van der Waals surface area contributed by atoms with E-state index in [2.05, 4.69) is 38.1 Å². The molecule has 5 heteroatoms. The molecule has 1 aromatic carbocycles. The van der Waals surface area contributed by atoms with Crippen LogP contribution in [0.25, 0.3) is 0 Å². The Morgan fingerprint density at radius 3 is 2.56 bits per heavy atom. The van der Waals surface area contributed by atoms with Gasteiger partial charge in [-0.25, -0.2) is 9.97 Å². The Kier molecular flexibility index (Phi) is 4.15. The molecule has 0 aliphatic carbocycles. The highest BCUT2D eigenvalue weighted by atomic mass is 79.9. The van der Waals surface area contributed by atoms with E-state index in [1.807, 2.05) is 24.3 Å². The van der Waals surface area contributed by atoms with Gasteiger partial charge in [-0.15, -0.1) is 0 Å². The molecule has 0 radical (unpaired) electrons. The van der Waals surface area contributed by atoms with Crippen molar-refractivity contribution in [2.24, 2.45) is 0 Å². The van der Waals surface area contributed by atoms with E-state index >= 15 is 0 Å². The number of rotatable bonds is 4. The number of ether oxygens (including phenoxy) is 1. The topological polar surface area (TPSA) is 47.0 Å². The maximum Gasteiger partial charge on any atom is 0.238 e. The third kappa shape index (κ3) is 2.79. The zero-order valence-electron chi connectivity index (χ0n) is 10.3. The van der Waals surface area contributed by atoms with Crippen LogP contribution in [0, 0.1) is 0 Å². The molecule has 0 saturated carbocycles. The van der Waals surface area contributed by atoms with E-state index < -0.39 is 0 Å². The summed E-state index contributed by atoms with van der Waals surface area (Å²) < 4.78 is 6.43. The average molecular weight is 308 g/mol. The lowest BCUT2D eigenvalue weighted by atomic mass is 10.2. The Hall–Kier alpha value is -1.62. The summed E-state index contributed by atoms with van der Waals surface area (Å²) in [4.78, 5) is 8.18. The lowest BCUT2D eigenvalue weighted by molar-refractivity contribution is 0.458. The minimum Gasteiger partial charge on any atom is -0.438 e. The van der Waals surface area contributed by atoms with Crippen molar-refractivity contribution in [1.82, 2.24) is 9.97 Å². The van der Waals surface area contributed by atoms with Gasteiger partial charge in [-0.05, 0) is 40.0 Å². The number of hydrogen-bond acceptors (Lipinski definition) is 4. The number of benzene rings is 1. The molecule has 0 aliphatic heterocycles.